The molecule has 1 rings (SSSR count). The van der Waals surface area contributed by atoms with E-state index in [0.717, 1.165) is 0 Å². The second kappa shape index (κ2) is 7.61. The van der Waals surface area contributed by atoms with Gasteiger partial charge in [0.05, 0.1) is 11.5 Å². The summed E-state index contributed by atoms with van der Waals surface area (Å²) < 4.78 is 26.7. The van der Waals surface area contributed by atoms with E-state index in [9.17, 15) is 8.42 Å². The molecule has 0 aliphatic carbocycles. The van der Waals surface area contributed by atoms with Gasteiger partial charge in [0.1, 0.15) is 0 Å². The molecule has 0 saturated carbocycles. The first-order chi connectivity index (χ1) is 9.36. The zero-order chi connectivity index (χ0) is 15.3. The lowest BCUT2D eigenvalue weighted by Gasteiger charge is -2.29. The SMILES string of the molecule is CCC(CC)N(CCO)S(=O)(=O)c1cc(Cl)cc(Cl)c1. The standard InChI is InChI=1S/C13H19Cl2NO3S/c1-3-12(4-2)16(5-6-17)20(18,19)13-8-10(14)7-11(15)9-13/h7-9,12,17H,3-6H2,1-2H3. The summed E-state index contributed by atoms with van der Waals surface area (Å²) in [5.41, 5.74) is 0. The van der Waals surface area contributed by atoms with Gasteiger partial charge >= 0.3 is 0 Å². The van der Waals surface area contributed by atoms with Crippen molar-refractivity contribution in [2.45, 2.75) is 37.6 Å². The molecular formula is C13H19Cl2NO3S. The van der Waals surface area contributed by atoms with Gasteiger partial charge in [0, 0.05) is 22.6 Å². The van der Waals surface area contributed by atoms with Crippen LogP contribution < -0.4 is 0 Å². The number of nitrogens with zero attached hydrogens (tertiary/aromatic N) is 1. The molecule has 0 atom stereocenters. The average Bonchev–Trinajstić information content (AvgIpc) is 2.38. The van der Waals surface area contributed by atoms with Gasteiger partial charge in [0.15, 0.2) is 0 Å². The topological polar surface area (TPSA) is 57.6 Å². The summed E-state index contributed by atoms with van der Waals surface area (Å²) >= 11 is 11.7. The number of aliphatic hydroxyl groups excluding tert-OH is 1. The van der Waals surface area contributed by atoms with Crippen LogP contribution in [-0.2, 0) is 10.0 Å². The van der Waals surface area contributed by atoms with E-state index in [2.05, 4.69) is 0 Å². The summed E-state index contributed by atoms with van der Waals surface area (Å²) in [6.07, 6.45) is 1.34. The van der Waals surface area contributed by atoms with Gasteiger partial charge < -0.3 is 5.11 Å². The van der Waals surface area contributed by atoms with Gasteiger partial charge in [-0.25, -0.2) is 8.42 Å². The van der Waals surface area contributed by atoms with Crippen molar-refractivity contribution in [1.82, 2.24) is 4.31 Å². The fraction of sp³-hybridized carbons (Fsp3) is 0.538. The highest BCUT2D eigenvalue weighted by Crippen LogP contribution is 2.26. The molecule has 0 aromatic heterocycles. The largest absolute Gasteiger partial charge is 0.395 e. The van der Waals surface area contributed by atoms with Gasteiger partial charge in [-0.05, 0) is 31.0 Å². The first-order valence-corrected chi connectivity index (χ1v) is 8.65. The lowest BCUT2D eigenvalue weighted by atomic mass is 10.2. The summed E-state index contributed by atoms with van der Waals surface area (Å²) in [6, 6.07) is 4.06. The third-order valence-corrected chi connectivity index (χ3v) is 5.48. The number of hydrogen-bond acceptors (Lipinski definition) is 3. The minimum absolute atomic E-state index is 0.0513. The van der Waals surface area contributed by atoms with Crippen LogP contribution in [0.3, 0.4) is 0 Å². The van der Waals surface area contributed by atoms with Crippen LogP contribution in [0, 0.1) is 0 Å². The lowest BCUT2D eigenvalue weighted by molar-refractivity contribution is 0.219. The molecule has 114 valence electrons. The predicted molar refractivity (Wildman–Crippen MR) is 81.8 cm³/mol. The van der Waals surface area contributed by atoms with Crippen LogP contribution in [0.15, 0.2) is 23.1 Å². The number of aliphatic hydroxyl groups is 1. The van der Waals surface area contributed by atoms with Crippen molar-refractivity contribution in [3.63, 3.8) is 0 Å². The number of halogens is 2. The van der Waals surface area contributed by atoms with E-state index in [-0.39, 0.29) is 34.1 Å². The monoisotopic (exact) mass is 339 g/mol. The third kappa shape index (κ3) is 4.09. The van der Waals surface area contributed by atoms with Crippen molar-refractivity contribution in [3.05, 3.63) is 28.2 Å². The Bertz CT molecular complexity index is 524. The Labute approximate surface area is 130 Å². The molecule has 0 radical (unpaired) electrons. The van der Waals surface area contributed by atoms with E-state index in [0.29, 0.717) is 12.8 Å². The summed E-state index contributed by atoms with van der Waals surface area (Å²) in [6.45, 7) is 3.65. The maximum Gasteiger partial charge on any atom is 0.243 e. The zero-order valence-electron chi connectivity index (χ0n) is 11.5. The molecule has 20 heavy (non-hydrogen) atoms. The molecule has 1 aromatic rings. The summed E-state index contributed by atoms with van der Waals surface area (Å²) in [5, 5.41) is 9.67. The minimum Gasteiger partial charge on any atom is -0.395 e. The molecule has 0 amide bonds. The highest BCUT2D eigenvalue weighted by molar-refractivity contribution is 7.89. The van der Waals surface area contributed by atoms with Gasteiger partial charge in [-0.1, -0.05) is 37.0 Å². The van der Waals surface area contributed by atoms with Crippen molar-refractivity contribution < 1.29 is 13.5 Å². The van der Waals surface area contributed by atoms with E-state index in [1.54, 1.807) is 0 Å². The van der Waals surface area contributed by atoms with Gasteiger partial charge in [-0.3, -0.25) is 0 Å². The second-order valence-corrected chi connectivity index (χ2v) is 7.18. The van der Waals surface area contributed by atoms with Gasteiger partial charge in [0.25, 0.3) is 0 Å². The van der Waals surface area contributed by atoms with E-state index in [4.69, 9.17) is 28.3 Å². The Morgan fingerprint density at radius 2 is 1.65 bits per heavy atom. The Hall–Kier alpha value is -0.330. The number of sulfonamides is 1. The maximum atomic E-state index is 12.7. The third-order valence-electron chi connectivity index (χ3n) is 3.11. The number of benzene rings is 1. The number of hydrogen-bond donors (Lipinski definition) is 1. The fourth-order valence-electron chi connectivity index (χ4n) is 2.11. The Morgan fingerprint density at radius 1 is 1.15 bits per heavy atom. The van der Waals surface area contributed by atoms with Crippen LogP contribution >= 0.6 is 23.2 Å². The molecule has 1 N–H and O–H groups in total. The molecule has 0 aliphatic rings. The molecule has 0 bridgehead atoms. The zero-order valence-corrected chi connectivity index (χ0v) is 13.8. The normalized spacial score (nSPS) is 12.3. The smallest absolute Gasteiger partial charge is 0.243 e. The number of rotatable bonds is 7. The highest BCUT2D eigenvalue weighted by atomic mass is 35.5. The molecule has 0 fully saturated rings. The molecule has 0 unspecified atom stereocenters. The fourth-order valence-corrected chi connectivity index (χ4v) is 4.60. The Kier molecular flexibility index (Phi) is 6.75. The molecule has 4 nitrogen and oxygen atoms in total. The van der Waals surface area contributed by atoms with Gasteiger partial charge in [-0.2, -0.15) is 4.31 Å². The summed E-state index contributed by atoms with van der Waals surface area (Å²) in [7, 11) is -3.73. The van der Waals surface area contributed by atoms with E-state index in [1.165, 1.54) is 22.5 Å². The molecule has 0 saturated heterocycles. The van der Waals surface area contributed by atoms with E-state index >= 15 is 0 Å². The van der Waals surface area contributed by atoms with Crippen molar-refractivity contribution in [2.24, 2.45) is 0 Å². The summed E-state index contributed by atoms with van der Waals surface area (Å²) in [5.74, 6) is 0. The van der Waals surface area contributed by atoms with E-state index in [1.807, 2.05) is 13.8 Å². The molecule has 0 heterocycles. The van der Waals surface area contributed by atoms with Crippen LogP contribution in [0.1, 0.15) is 26.7 Å². The van der Waals surface area contributed by atoms with Crippen molar-refractivity contribution in [2.75, 3.05) is 13.2 Å². The van der Waals surface area contributed by atoms with Gasteiger partial charge in [-0.15, -0.1) is 0 Å². The maximum absolute atomic E-state index is 12.7. The molecule has 0 spiro atoms. The summed E-state index contributed by atoms with van der Waals surface area (Å²) in [4.78, 5) is 0.0513. The molecule has 0 aliphatic heterocycles. The molecule has 7 heteroatoms. The Morgan fingerprint density at radius 3 is 2.05 bits per heavy atom. The first-order valence-electron chi connectivity index (χ1n) is 6.45. The highest BCUT2D eigenvalue weighted by Gasteiger charge is 2.29. The quantitative estimate of drug-likeness (QED) is 0.829. The van der Waals surface area contributed by atoms with Crippen molar-refractivity contribution in [1.29, 1.82) is 0 Å². The van der Waals surface area contributed by atoms with Crippen LogP contribution in [-0.4, -0.2) is 37.0 Å². The Balaban J connectivity index is 3.28. The second-order valence-electron chi connectivity index (χ2n) is 4.41. The van der Waals surface area contributed by atoms with Crippen LogP contribution in [0.2, 0.25) is 10.0 Å². The molecule has 1 aromatic carbocycles. The minimum atomic E-state index is -3.73. The first kappa shape index (κ1) is 17.7. The van der Waals surface area contributed by atoms with Gasteiger partial charge in [0.2, 0.25) is 10.0 Å². The molecular weight excluding hydrogens is 321 g/mol. The van der Waals surface area contributed by atoms with E-state index < -0.39 is 10.0 Å². The van der Waals surface area contributed by atoms with Crippen molar-refractivity contribution >= 4 is 33.2 Å². The van der Waals surface area contributed by atoms with Crippen LogP contribution in [0.4, 0.5) is 0 Å². The van der Waals surface area contributed by atoms with Crippen molar-refractivity contribution in [3.8, 4) is 0 Å². The van der Waals surface area contributed by atoms with Crippen LogP contribution in [0.25, 0.3) is 0 Å². The van der Waals surface area contributed by atoms with Crippen LogP contribution in [0.5, 0.6) is 0 Å². The predicted octanol–water partition coefficient (Wildman–Crippen LogP) is 3.17. The average molecular weight is 340 g/mol. The lowest BCUT2D eigenvalue weighted by Crippen LogP contribution is -2.41.